The van der Waals surface area contributed by atoms with Gasteiger partial charge in [-0.05, 0) is 28.2 Å². The molecule has 168 valence electrons. The van der Waals surface area contributed by atoms with Crippen molar-refractivity contribution in [2.24, 2.45) is 5.92 Å². The number of hydrogen-bond acceptors (Lipinski definition) is 5. The SMILES string of the molecule is CC(C)[C@@H](NC(=O)OCC1c2ccccc2-c2ccccc21)C(=O)N1CC(O)(C(=O)O)C1. The first-order valence-electron chi connectivity index (χ1n) is 10.6. The second kappa shape index (κ2) is 8.27. The number of aliphatic carboxylic acids is 1. The van der Waals surface area contributed by atoms with Gasteiger partial charge in [-0.3, -0.25) is 4.79 Å². The summed E-state index contributed by atoms with van der Waals surface area (Å²) in [6, 6.07) is 15.1. The Bertz CT molecular complexity index is 1010. The van der Waals surface area contributed by atoms with Crippen LogP contribution in [0.25, 0.3) is 11.1 Å². The van der Waals surface area contributed by atoms with E-state index < -0.39 is 29.6 Å². The molecule has 2 aromatic rings. The van der Waals surface area contributed by atoms with Crippen LogP contribution in [0.1, 0.15) is 30.9 Å². The number of carboxylic acids is 1. The van der Waals surface area contributed by atoms with Gasteiger partial charge in [-0.25, -0.2) is 9.59 Å². The predicted octanol–water partition coefficient (Wildman–Crippen LogP) is 2.21. The smallest absolute Gasteiger partial charge is 0.407 e. The van der Waals surface area contributed by atoms with Gasteiger partial charge in [0.1, 0.15) is 12.6 Å². The number of ether oxygens (including phenoxy) is 1. The van der Waals surface area contributed by atoms with Gasteiger partial charge in [0.2, 0.25) is 5.91 Å². The molecule has 1 heterocycles. The number of amides is 2. The number of fused-ring (bicyclic) bond motifs is 3. The monoisotopic (exact) mass is 438 g/mol. The summed E-state index contributed by atoms with van der Waals surface area (Å²) in [4.78, 5) is 37.6. The molecule has 0 unspecified atom stereocenters. The highest BCUT2D eigenvalue weighted by Gasteiger charge is 2.51. The fourth-order valence-electron chi connectivity index (χ4n) is 4.35. The lowest BCUT2D eigenvalue weighted by Crippen LogP contribution is -2.70. The fraction of sp³-hybridized carbons (Fsp3) is 0.375. The zero-order valence-electron chi connectivity index (χ0n) is 17.9. The van der Waals surface area contributed by atoms with E-state index in [9.17, 15) is 19.5 Å². The van der Waals surface area contributed by atoms with E-state index in [-0.39, 0.29) is 31.5 Å². The number of carbonyl (C=O) groups is 3. The number of carbonyl (C=O) groups excluding carboxylic acids is 2. The lowest BCUT2D eigenvalue weighted by atomic mass is 9.92. The minimum absolute atomic E-state index is 0.0951. The van der Waals surface area contributed by atoms with Crippen LogP contribution in [0.4, 0.5) is 4.79 Å². The molecule has 8 nitrogen and oxygen atoms in total. The molecule has 0 saturated carbocycles. The number of benzene rings is 2. The summed E-state index contributed by atoms with van der Waals surface area (Å²) in [7, 11) is 0. The first-order valence-corrected chi connectivity index (χ1v) is 10.6. The highest BCUT2D eigenvalue weighted by molar-refractivity contribution is 5.90. The number of hydrogen-bond donors (Lipinski definition) is 3. The number of β-amino-alcohol motifs (C(OH)–C–C–N with tert-alkyl or cyclic N) is 1. The van der Waals surface area contributed by atoms with Crippen LogP contribution in [-0.2, 0) is 14.3 Å². The number of carboxylic acid groups (broad SMARTS) is 1. The van der Waals surface area contributed by atoms with Crippen LogP contribution in [0.2, 0.25) is 0 Å². The van der Waals surface area contributed by atoms with Gasteiger partial charge in [0, 0.05) is 5.92 Å². The van der Waals surface area contributed by atoms with E-state index in [0.717, 1.165) is 22.3 Å². The van der Waals surface area contributed by atoms with Gasteiger partial charge in [0.25, 0.3) is 0 Å². The molecule has 0 aromatic heterocycles. The van der Waals surface area contributed by atoms with Crippen LogP contribution < -0.4 is 5.32 Å². The average Bonchev–Trinajstić information content (AvgIpc) is 3.07. The summed E-state index contributed by atoms with van der Waals surface area (Å²) >= 11 is 0. The van der Waals surface area contributed by atoms with Crippen molar-refractivity contribution in [1.82, 2.24) is 10.2 Å². The Kier molecular flexibility index (Phi) is 5.64. The summed E-state index contributed by atoms with van der Waals surface area (Å²) in [5.41, 5.74) is 2.49. The van der Waals surface area contributed by atoms with Crippen molar-refractivity contribution in [2.75, 3.05) is 19.7 Å². The third-order valence-corrected chi connectivity index (χ3v) is 6.16. The number of likely N-dealkylation sites (tertiary alicyclic amines) is 1. The number of rotatable bonds is 6. The van der Waals surface area contributed by atoms with E-state index >= 15 is 0 Å². The van der Waals surface area contributed by atoms with E-state index in [1.807, 2.05) is 48.5 Å². The maximum absolute atomic E-state index is 12.8. The summed E-state index contributed by atoms with van der Waals surface area (Å²) in [5, 5.41) is 21.5. The zero-order chi connectivity index (χ0) is 23.0. The van der Waals surface area contributed by atoms with Gasteiger partial charge in [-0.15, -0.1) is 0 Å². The van der Waals surface area contributed by atoms with Crippen molar-refractivity contribution in [2.45, 2.75) is 31.4 Å². The van der Waals surface area contributed by atoms with Crippen LogP contribution in [0, 0.1) is 5.92 Å². The van der Waals surface area contributed by atoms with Crippen LogP contribution in [-0.4, -0.2) is 64.4 Å². The number of aliphatic hydroxyl groups is 1. The minimum atomic E-state index is -1.93. The first-order chi connectivity index (χ1) is 15.2. The molecule has 0 spiro atoms. The van der Waals surface area contributed by atoms with Crippen LogP contribution in [0.5, 0.6) is 0 Å². The van der Waals surface area contributed by atoms with Gasteiger partial charge in [0.05, 0.1) is 13.1 Å². The third-order valence-electron chi connectivity index (χ3n) is 6.16. The molecule has 3 N–H and O–H groups in total. The maximum Gasteiger partial charge on any atom is 0.407 e. The van der Waals surface area contributed by atoms with Crippen molar-refractivity contribution in [3.8, 4) is 11.1 Å². The molecule has 32 heavy (non-hydrogen) atoms. The summed E-state index contributed by atoms with van der Waals surface area (Å²) in [5.74, 6) is -2.16. The van der Waals surface area contributed by atoms with E-state index in [1.165, 1.54) is 4.90 Å². The topological polar surface area (TPSA) is 116 Å². The van der Waals surface area contributed by atoms with E-state index in [0.29, 0.717) is 0 Å². The first kappa shape index (κ1) is 21.8. The van der Waals surface area contributed by atoms with Gasteiger partial charge in [-0.2, -0.15) is 0 Å². The molecule has 1 saturated heterocycles. The number of alkyl carbamates (subject to hydrolysis) is 1. The Balaban J connectivity index is 1.40. The lowest BCUT2D eigenvalue weighted by molar-refractivity contribution is -0.183. The van der Waals surface area contributed by atoms with Crippen molar-refractivity contribution >= 4 is 18.0 Å². The molecule has 2 aromatic carbocycles. The van der Waals surface area contributed by atoms with Crippen molar-refractivity contribution in [1.29, 1.82) is 0 Å². The predicted molar refractivity (Wildman–Crippen MR) is 116 cm³/mol. The molecule has 8 heteroatoms. The van der Waals surface area contributed by atoms with E-state index in [4.69, 9.17) is 9.84 Å². The number of nitrogens with zero attached hydrogens (tertiary/aromatic N) is 1. The van der Waals surface area contributed by atoms with Crippen LogP contribution in [0.3, 0.4) is 0 Å². The highest BCUT2D eigenvalue weighted by Crippen LogP contribution is 2.44. The fourth-order valence-corrected chi connectivity index (χ4v) is 4.35. The summed E-state index contributed by atoms with van der Waals surface area (Å²) in [6.07, 6.45) is -0.715. The molecule has 2 aliphatic rings. The molecule has 2 amide bonds. The Labute approximate surface area is 185 Å². The molecule has 1 aliphatic heterocycles. The molecule has 1 atom stereocenters. The largest absolute Gasteiger partial charge is 0.479 e. The standard InChI is InChI=1S/C24H26N2O6/c1-14(2)20(21(27)26-12-24(31,13-26)22(28)29)25-23(30)32-11-19-17-9-5-3-7-15(17)16-8-4-6-10-18(16)19/h3-10,14,19-20,31H,11-13H2,1-2H3,(H,25,30)(H,28,29)/t20-/m1/s1. The van der Waals surface area contributed by atoms with E-state index in [2.05, 4.69) is 5.32 Å². The van der Waals surface area contributed by atoms with Gasteiger partial charge in [0.15, 0.2) is 5.60 Å². The molecular weight excluding hydrogens is 412 g/mol. The molecular formula is C24H26N2O6. The van der Waals surface area contributed by atoms with Gasteiger partial charge >= 0.3 is 12.1 Å². The molecule has 0 radical (unpaired) electrons. The highest BCUT2D eigenvalue weighted by atomic mass is 16.5. The van der Waals surface area contributed by atoms with Crippen molar-refractivity contribution in [3.63, 3.8) is 0 Å². The van der Waals surface area contributed by atoms with Crippen LogP contribution in [0.15, 0.2) is 48.5 Å². The molecule has 1 fully saturated rings. The lowest BCUT2D eigenvalue weighted by Gasteiger charge is -2.44. The Morgan fingerprint density at radius 1 is 1.06 bits per heavy atom. The normalized spacial score (nSPS) is 17.2. The van der Waals surface area contributed by atoms with Gasteiger partial charge < -0.3 is 25.2 Å². The Morgan fingerprint density at radius 2 is 1.59 bits per heavy atom. The summed E-state index contributed by atoms with van der Waals surface area (Å²) < 4.78 is 5.52. The average molecular weight is 438 g/mol. The molecule has 1 aliphatic carbocycles. The summed E-state index contributed by atoms with van der Waals surface area (Å²) in [6.45, 7) is 3.06. The maximum atomic E-state index is 12.8. The second-order valence-electron chi connectivity index (χ2n) is 8.72. The Morgan fingerprint density at radius 3 is 2.09 bits per heavy atom. The zero-order valence-corrected chi connectivity index (χ0v) is 17.9. The molecule has 0 bridgehead atoms. The Hall–Kier alpha value is -3.39. The minimum Gasteiger partial charge on any atom is -0.479 e. The van der Waals surface area contributed by atoms with E-state index in [1.54, 1.807) is 13.8 Å². The van der Waals surface area contributed by atoms with Crippen LogP contribution >= 0.6 is 0 Å². The van der Waals surface area contributed by atoms with Crippen molar-refractivity contribution < 1.29 is 29.3 Å². The number of nitrogens with one attached hydrogen (secondary N) is 1. The molecule has 4 rings (SSSR count). The van der Waals surface area contributed by atoms with Gasteiger partial charge in [-0.1, -0.05) is 62.4 Å². The third kappa shape index (κ3) is 3.82. The van der Waals surface area contributed by atoms with Crippen molar-refractivity contribution in [3.05, 3.63) is 59.7 Å². The second-order valence-corrected chi connectivity index (χ2v) is 8.72. The quantitative estimate of drug-likeness (QED) is 0.637.